The minimum absolute atomic E-state index is 0.0338. The molecule has 17 heavy (non-hydrogen) atoms. The Morgan fingerprint density at radius 1 is 1.12 bits per heavy atom. The molecule has 6 nitrogen and oxygen atoms in total. The molecule has 0 heterocycles. The Morgan fingerprint density at radius 2 is 1.76 bits per heavy atom. The molecule has 0 aromatic carbocycles. The quantitative estimate of drug-likeness (QED) is 0.441. The first-order valence-electron chi connectivity index (χ1n) is 5.69. The Bertz CT molecular complexity index is 228. The minimum atomic E-state index is -0.935. The zero-order chi connectivity index (χ0) is 13.1. The summed E-state index contributed by atoms with van der Waals surface area (Å²) >= 11 is 0. The number of aliphatic hydroxyl groups excluding tert-OH is 2. The second kappa shape index (κ2) is 10.0. The van der Waals surface area contributed by atoms with E-state index in [0.29, 0.717) is 19.3 Å². The average molecular weight is 248 g/mol. The molecule has 0 aromatic rings. The molecule has 0 saturated carbocycles. The zero-order valence-corrected chi connectivity index (χ0v) is 10.1. The van der Waals surface area contributed by atoms with Crippen molar-refractivity contribution in [2.45, 2.75) is 38.7 Å². The fraction of sp³-hybridized carbons (Fsp3) is 0.818. The summed E-state index contributed by atoms with van der Waals surface area (Å²) in [7, 11) is 0. The summed E-state index contributed by atoms with van der Waals surface area (Å²) in [5.74, 6) is -1.10. The molecule has 0 radical (unpaired) electrons. The second-order valence-corrected chi connectivity index (χ2v) is 3.56. The average Bonchev–Trinajstić information content (AvgIpc) is 2.29. The molecule has 0 aliphatic heterocycles. The summed E-state index contributed by atoms with van der Waals surface area (Å²) in [6.45, 7) is 1.53. The molecule has 0 aliphatic rings. The minimum Gasteiger partial charge on any atom is -0.463 e. The van der Waals surface area contributed by atoms with Gasteiger partial charge in [-0.2, -0.15) is 0 Å². The van der Waals surface area contributed by atoms with Crippen LogP contribution in [-0.2, 0) is 19.1 Å². The van der Waals surface area contributed by atoms with Gasteiger partial charge in [0.15, 0.2) is 6.10 Å². The van der Waals surface area contributed by atoms with E-state index < -0.39 is 18.0 Å². The molecular formula is C11H20O6. The predicted octanol–water partition coefficient (Wildman–Crippen LogP) is 0.00630. The van der Waals surface area contributed by atoms with Gasteiger partial charge in [-0.3, -0.25) is 4.79 Å². The smallest absolute Gasteiger partial charge is 0.347 e. The SMILES string of the molecule is CC(OC(=O)CCCCO)C(=O)OCCCO. The van der Waals surface area contributed by atoms with Gasteiger partial charge < -0.3 is 19.7 Å². The monoisotopic (exact) mass is 248 g/mol. The van der Waals surface area contributed by atoms with Gasteiger partial charge in [-0.1, -0.05) is 0 Å². The van der Waals surface area contributed by atoms with E-state index >= 15 is 0 Å². The lowest BCUT2D eigenvalue weighted by Gasteiger charge is -2.12. The summed E-state index contributed by atoms with van der Waals surface area (Å²) in [6, 6.07) is 0. The molecule has 0 bridgehead atoms. The molecule has 0 spiro atoms. The van der Waals surface area contributed by atoms with Crippen LogP contribution in [0.2, 0.25) is 0 Å². The molecule has 100 valence electrons. The van der Waals surface area contributed by atoms with Gasteiger partial charge >= 0.3 is 11.9 Å². The van der Waals surface area contributed by atoms with Gasteiger partial charge in [0.05, 0.1) is 6.61 Å². The Labute approximate surface area is 101 Å². The molecule has 0 rings (SSSR count). The number of rotatable bonds is 9. The summed E-state index contributed by atoms with van der Waals surface area (Å²) in [5, 5.41) is 17.0. The van der Waals surface area contributed by atoms with E-state index in [1.165, 1.54) is 6.92 Å². The first-order chi connectivity index (χ1) is 8.11. The van der Waals surface area contributed by atoms with Crippen LogP contribution in [0.15, 0.2) is 0 Å². The molecule has 0 saturated heterocycles. The van der Waals surface area contributed by atoms with Crippen molar-refractivity contribution in [2.24, 2.45) is 0 Å². The van der Waals surface area contributed by atoms with Crippen molar-refractivity contribution in [2.75, 3.05) is 19.8 Å². The van der Waals surface area contributed by atoms with Gasteiger partial charge in [-0.25, -0.2) is 4.79 Å². The molecule has 0 aliphatic carbocycles. The van der Waals surface area contributed by atoms with Crippen LogP contribution in [0.1, 0.15) is 32.6 Å². The molecule has 2 N–H and O–H groups in total. The third kappa shape index (κ3) is 8.65. The third-order valence-electron chi connectivity index (χ3n) is 1.98. The van der Waals surface area contributed by atoms with Gasteiger partial charge in [0, 0.05) is 26.1 Å². The van der Waals surface area contributed by atoms with Crippen molar-refractivity contribution >= 4 is 11.9 Å². The number of hydrogen-bond donors (Lipinski definition) is 2. The van der Waals surface area contributed by atoms with E-state index in [9.17, 15) is 9.59 Å². The van der Waals surface area contributed by atoms with Gasteiger partial charge in [-0.15, -0.1) is 0 Å². The lowest BCUT2D eigenvalue weighted by molar-refractivity contribution is -0.166. The summed E-state index contributed by atoms with van der Waals surface area (Å²) in [5.41, 5.74) is 0. The van der Waals surface area contributed by atoms with Crippen LogP contribution in [0.25, 0.3) is 0 Å². The van der Waals surface area contributed by atoms with Crippen LogP contribution in [0, 0.1) is 0 Å². The second-order valence-electron chi connectivity index (χ2n) is 3.56. The Morgan fingerprint density at radius 3 is 2.35 bits per heavy atom. The fourth-order valence-electron chi connectivity index (χ4n) is 1.04. The number of ether oxygens (including phenoxy) is 2. The van der Waals surface area contributed by atoms with Crippen molar-refractivity contribution in [3.05, 3.63) is 0 Å². The van der Waals surface area contributed by atoms with Crippen molar-refractivity contribution < 1.29 is 29.3 Å². The summed E-state index contributed by atoms with van der Waals surface area (Å²) in [6.07, 6.45) is 0.666. The lowest BCUT2D eigenvalue weighted by atomic mass is 10.2. The van der Waals surface area contributed by atoms with Crippen molar-refractivity contribution in [1.82, 2.24) is 0 Å². The first-order valence-corrected chi connectivity index (χ1v) is 5.69. The maximum absolute atomic E-state index is 11.3. The highest BCUT2D eigenvalue weighted by molar-refractivity contribution is 5.78. The Balaban J connectivity index is 3.71. The van der Waals surface area contributed by atoms with Crippen LogP contribution in [-0.4, -0.2) is 48.1 Å². The highest BCUT2D eigenvalue weighted by Gasteiger charge is 2.18. The van der Waals surface area contributed by atoms with E-state index in [4.69, 9.17) is 19.7 Å². The normalized spacial score (nSPS) is 11.9. The van der Waals surface area contributed by atoms with E-state index in [1.807, 2.05) is 0 Å². The van der Waals surface area contributed by atoms with Crippen LogP contribution in [0.3, 0.4) is 0 Å². The summed E-state index contributed by atoms with van der Waals surface area (Å²) in [4.78, 5) is 22.5. The van der Waals surface area contributed by atoms with E-state index in [-0.39, 0.29) is 26.2 Å². The van der Waals surface area contributed by atoms with Gasteiger partial charge in [-0.05, 0) is 19.8 Å². The van der Waals surface area contributed by atoms with Crippen molar-refractivity contribution in [1.29, 1.82) is 0 Å². The molecule has 0 fully saturated rings. The van der Waals surface area contributed by atoms with Gasteiger partial charge in [0.2, 0.25) is 0 Å². The molecule has 0 aromatic heterocycles. The van der Waals surface area contributed by atoms with E-state index in [2.05, 4.69) is 0 Å². The molecule has 0 amide bonds. The van der Waals surface area contributed by atoms with Gasteiger partial charge in [0.25, 0.3) is 0 Å². The Kier molecular flexibility index (Phi) is 9.37. The zero-order valence-electron chi connectivity index (χ0n) is 10.1. The topological polar surface area (TPSA) is 93.1 Å². The predicted molar refractivity (Wildman–Crippen MR) is 59.2 cm³/mol. The molecular weight excluding hydrogens is 228 g/mol. The Hall–Kier alpha value is -1.14. The van der Waals surface area contributed by atoms with Crippen molar-refractivity contribution in [3.63, 3.8) is 0 Å². The number of aliphatic hydroxyl groups is 2. The largest absolute Gasteiger partial charge is 0.463 e. The van der Waals surface area contributed by atoms with Crippen molar-refractivity contribution in [3.8, 4) is 0 Å². The molecule has 1 unspecified atom stereocenters. The van der Waals surface area contributed by atoms with Crippen LogP contribution in [0.4, 0.5) is 0 Å². The van der Waals surface area contributed by atoms with E-state index in [1.54, 1.807) is 0 Å². The maximum atomic E-state index is 11.3. The molecule has 6 heteroatoms. The van der Waals surface area contributed by atoms with Crippen LogP contribution >= 0.6 is 0 Å². The highest BCUT2D eigenvalue weighted by Crippen LogP contribution is 2.02. The van der Waals surface area contributed by atoms with Crippen LogP contribution in [0.5, 0.6) is 0 Å². The van der Waals surface area contributed by atoms with Crippen LogP contribution < -0.4 is 0 Å². The fourth-order valence-corrected chi connectivity index (χ4v) is 1.04. The number of hydrogen-bond acceptors (Lipinski definition) is 6. The van der Waals surface area contributed by atoms with Gasteiger partial charge in [0.1, 0.15) is 0 Å². The summed E-state index contributed by atoms with van der Waals surface area (Å²) < 4.78 is 9.59. The number of carbonyl (C=O) groups excluding carboxylic acids is 2. The third-order valence-corrected chi connectivity index (χ3v) is 1.98. The van der Waals surface area contributed by atoms with E-state index in [0.717, 1.165) is 0 Å². The number of carbonyl (C=O) groups is 2. The molecule has 1 atom stereocenters. The number of unbranched alkanes of at least 4 members (excludes halogenated alkanes) is 1. The maximum Gasteiger partial charge on any atom is 0.347 e. The standard InChI is InChI=1S/C11H20O6/c1-9(11(15)16-8-4-7-13)17-10(14)5-2-3-6-12/h9,12-13H,2-8H2,1H3. The number of esters is 2. The highest BCUT2D eigenvalue weighted by atomic mass is 16.6. The lowest BCUT2D eigenvalue weighted by Crippen LogP contribution is -2.26. The first kappa shape index (κ1) is 15.9.